The third-order valence-electron chi connectivity index (χ3n) is 6.86. The number of carbonyl (C=O) groups excluding carboxylic acids is 8. The molecule has 0 aromatic heterocycles. The van der Waals surface area contributed by atoms with Crippen molar-refractivity contribution in [2.45, 2.75) is 117 Å². The van der Waals surface area contributed by atoms with Crippen LogP contribution in [0.5, 0.6) is 0 Å². The molecule has 0 saturated carbocycles. The van der Waals surface area contributed by atoms with Crippen molar-refractivity contribution >= 4 is 47.3 Å². The van der Waals surface area contributed by atoms with Gasteiger partial charge >= 0.3 is 0 Å². The fraction of sp³-hybridized carbons (Fsp3) is 0.724. The number of aliphatic hydroxyl groups excluding tert-OH is 1. The first kappa shape index (κ1) is 41.7. The van der Waals surface area contributed by atoms with Crippen molar-refractivity contribution in [3.63, 3.8) is 0 Å². The molecule has 0 aromatic rings. The Morgan fingerprint density at radius 2 is 1.17 bits per heavy atom. The van der Waals surface area contributed by atoms with Crippen LogP contribution in [0.1, 0.15) is 80.6 Å². The molecule has 0 rings (SSSR count). The molecule has 12 N–H and O–H groups in total. The number of rotatable bonds is 21. The molecule has 0 bridgehead atoms. The lowest BCUT2D eigenvalue weighted by Gasteiger charge is -2.29. The Balaban J connectivity index is 5.83. The summed E-state index contributed by atoms with van der Waals surface area (Å²) in [6.07, 6.45) is -2.90. The number of carbonyl (C=O) groups is 8. The molecule has 17 heteroatoms. The quantitative estimate of drug-likeness (QED) is 0.0614. The molecule has 0 aliphatic heterocycles. The second-order valence-corrected chi connectivity index (χ2v) is 12.4. The summed E-state index contributed by atoms with van der Waals surface area (Å²) in [7, 11) is 0. The molecular weight excluding hydrogens is 604 g/mol. The van der Waals surface area contributed by atoms with Gasteiger partial charge in [-0.25, -0.2) is 0 Å². The highest BCUT2D eigenvalue weighted by Gasteiger charge is 2.33. The van der Waals surface area contributed by atoms with Crippen molar-refractivity contribution in [1.29, 1.82) is 0 Å². The predicted octanol–water partition coefficient (Wildman–Crippen LogP) is -2.83. The van der Waals surface area contributed by atoms with E-state index in [2.05, 4.69) is 26.6 Å². The number of hydrogen-bond donors (Lipinski definition) is 9. The highest BCUT2D eigenvalue weighted by Crippen LogP contribution is 2.13. The molecule has 0 saturated heterocycles. The van der Waals surface area contributed by atoms with Crippen molar-refractivity contribution in [3.05, 3.63) is 0 Å². The lowest BCUT2D eigenvalue weighted by Crippen LogP contribution is -2.58. The van der Waals surface area contributed by atoms with Crippen molar-refractivity contribution in [1.82, 2.24) is 26.6 Å². The highest BCUT2D eigenvalue weighted by atomic mass is 16.3. The molecular formula is C29H52N8O9. The summed E-state index contributed by atoms with van der Waals surface area (Å²) in [5, 5.41) is 23.4. The average Bonchev–Trinajstić information content (AvgIpc) is 2.90. The van der Waals surface area contributed by atoms with Gasteiger partial charge in [0.05, 0.1) is 25.0 Å². The average molecular weight is 657 g/mol. The summed E-state index contributed by atoms with van der Waals surface area (Å²) >= 11 is 0. The van der Waals surface area contributed by atoms with Gasteiger partial charge in [0.25, 0.3) is 0 Å². The number of hydrogen-bond acceptors (Lipinski definition) is 9. The monoisotopic (exact) mass is 656 g/mol. The van der Waals surface area contributed by atoms with E-state index in [0.717, 1.165) is 6.92 Å². The first-order chi connectivity index (χ1) is 21.2. The predicted molar refractivity (Wildman–Crippen MR) is 167 cm³/mol. The zero-order valence-electron chi connectivity index (χ0n) is 27.7. The highest BCUT2D eigenvalue weighted by molar-refractivity contribution is 5.95. The van der Waals surface area contributed by atoms with Crippen LogP contribution in [-0.4, -0.2) is 88.7 Å². The second kappa shape index (κ2) is 20.0. The Morgan fingerprint density at radius 1 is 0.630 bits per heavy atom. The lowest BCUT2D eigenvalue weighted by molar-refractivity contribution is -0.135. The SMILES string of the molecule is CC(=O)N[C@@H](CCC(N)=O)C(=O)N[C@@H](CC(N)=O)C(=O)N[C@@H](CC(C)C)[C@@H](O)CC(=O)N[C@H](C(=O)N[C@H](C(N)=O)C(C)C)C(C)C. The van der Waals surface area contributed by atoms with Crippen LogP contribution in [0, 0.1) is 17.8 Å². The van der Waals surface area contributed by atoms with Gasteiger partial charge in [-0.15, -0.1) is 0 Å². The largest absolute Gasteiger partial charge is 0.390 e. The molecule has 262 valence electrons. The van der Waals surface area contributed by atoms with Gasteiger partial charge in [0, 0.05) is 13.3 Å². The van der Waals surface area contributed by atoms with E-state index >= 15 is 0 Å². The van der Waals surface area contributed by atoms with Crippen LogP contribution < -0.4 is 43.8 Å². The molecule has 0 radical (unpaired) electrons. The molecule has 6 atom stereocenters. The van der Waals surface area contributed by atoms with Crippen LogP contribution in [0.2, 0.25) is 0 Å². The van der Waals surface area contributed by atoms with Gasteiger partial charge in [-0.05, 0) is 30.6 Å². The van der Waals surface area contributed by atoms with Gasteiger partial charge in [0.15, 0.2) is 0 Å². The van der Waals surface area contributed by atoms with Crippen LogP contribution in [0.4, 0.5) is 0 Å². The van der Waals surface area contributed by atoms with Crippen molar-refractivity contribution in [3.8, 4) is 0 Å². The number of primary amides is 3. The molecule has 0 unspecified atom stereocenters. The van der Waals surface area contributed by atoms with E-state index in [9.17, 15) is 43.5 Å². The molecule has 0 fully saturated rings. The van der Waals surface area contributed by atoms with E-state index in [1.807, 2.05) is 0 Å². The Morgan fingerprint density at radius 3 is 1.61 bits per heavy atom. The smallest absolute Gasteiger partial charge is 0.243 e. The van der Waals surface area contributed by atoms with Gasteiger partial charge in [-0.3, -0.25) is 38.4 Å². The Labute approximate surface area is 269 Å². The molecule has 0 aliphatic rings. The van der Waals surface area contributed by atoms with E-state index in [1.54, 1.807) is 41.5 Å². The van der Waals surface area contributed by atoms with Gasteiger partial charge in [0.1, 0.15) is 24.2 Å². The second-order valence-electron chi connectivity index (χ2n) is 12.4. The number of aliphatic hydroxyl groups is 1. The Kier molecular flexibility index (Phi) is 18.1. The van der Waals surface area contributed by atoms with Crippen LogP contribution >= 0.6 is 0 Å². The molecule has 46 heavy (non-hydrogen) atoms. The van der Waals surface area contributed by atoms with E-state index < -0.39 is 102 Å². The standard InChI is InChI=1S/C29H52N8O9/c1-13(2)10-18(20(39)12-23(42)36-25(15(5)6)29(46)37-24(14(3)4)26(32)43)34-28(45)19(11-22(31)41)35-27(44)17(33-16(7)38)8-9-21(30)40/h13-15,17-20,24-25,39H,8-12H2,1-7H3,(H2,30,40)(H2,31,41)(H2,32,43)(H,33,38)(H,34,45)(H,35,44)(H,36,42)(H,37,46)/t17-,18-,19-,20-,24-,25-/m0/s1. The minimum absolute atomic E-state index is 0.0962. The molecule has 0 aromatic carbocycles. The fourth-order valence-electron chi connectivity index (χ4n) is 4.50. The Hall–Kier alpha value is -4.28. The number of amides is 8. The van der Waals surface area contributed by atoms with Gasteiger partial charge in [-0.2, -0.15) is 0 Å². The minimum Gasteiger partial charge on any atom is -0.390 e. The van der Waals surface area contributed by atoms with Crippen LogP contribution in [0.3, 0.4) is 0 Å². The summed E-state index contributed by atoms with van der Waals surface area (Å²) in [5.74, 6) is -6.95. The lowest BCUT2D eigenvalue weighted by atomic mass is 9.95. The molecule has 17 nitrogen and oxygen atoms in total. The molecule has 0 aliphatic carbocycles. The maximum absolute atomic E-state index is 13.3. The van der Waals surface area contributed by atoms with Crippen molar-refractivity contribution in [2.75, 3.05) is 0 Å². The van der Waals surface area contributed by atoms with Gasteiger partial charge < -0.3 is 48.9 Å². The summed E-state index contributed by atoms with van der Waals surface area (Å²) in [6.45, 7) is 11.5. The normalized spacial score (nSPS) is 15.1. The van der Waals surface area contributed by atoms with E-state index in [-0.39, 0.29) is 31.1 Å². The summed E-state index contributed by atoms with van der Waals surface area (Å²) < 4.78 is 0. The summed E-state index contributed by atoms with van der Waals surface area (Å²) in [5.41, 5.74) is 15.8. The van der Waals surface area contributed by atoms with Crippen LogP contribution in [0.25, 0.3) is 0 Å². The molecule has 0 spiro atoms. The van der Waals surface area contributed by atoms with Crippen molar-refractivity contribution < 1.29 is 43.5 Å². The van der Waals surface area contributed by atoms with E-state index in [1.165, 1.54) is 0 Å². The summed E-state index contributed by atoms with van der Waals surface area (Å²) in [4.78, 5) is 98.4. The third kappa shape index (κ3) is 16.2. The van der Waals surface area contributed by atoms with E-state index in [0.29, 0.717) is 0 Å². The number of nitrogens with one attached hydrogen (secondary N) is 5. The zero-order valence-corrected chi connectivity index (χ0v) is 27.7. The fourth-order valence-corrected chi connectivity index (χ4v) is 4.50. The van der Waals surface area contributed by atoms with Gasteiger partial charge in [-0.1, -0.05) is 41.5 Å². The maximum Gasteiger partial charge on any atom is 0.243 e. The third-order valence-corrected chi connectivity index (χ3v) is 6.86. The zero-order chi connectivity index (χ0) is 35.9. The topological polar surface area (TPSA) is 295 Å². The summed E-state index contributed by atoms with van der Waals surface area (Å²) in [6, 6.07) is -5.86. The maximum atomic E-state index is 13.3. The van der Waals surface area contributed by atoms with Crippen molar-refractivity contribution in [2.24, 2.45) is 35.0 Å². The van der Waals surface area contributed by atoms with E-state index in [4.69, 9.17) is 17.2 Å². The van der Waals surface area contributed by atoms with Crippen LogP contribution in [-0.2, 0) is 38.4 Å². The first-order valence-electron chi connectivity index (χ1n) is 15.2. The minimum atomic E-state index is -1.53. The van der Waals surface area contributed by atoms with Gasteiger partial charge in [0.2, 0.25) is 47.3 Å². The van der Waals surface area contributed by atoms with Crippen LogP contribution in [0.15, 0.2) is 0 Å². The molecule has 0 heterocycles. The Bertz CT molecular complexity index is 1110. The number of nitrogens with two attached hydrogens (primary N) is 3. The first-order valence-corrected chi connectivity index (χ1v) is 15.2. The molecule has 8 amide bonds.